The fraction of sp³-hybridized carbons (Fsp3) is 0.667. The van der Waals surface area contributed by atoms with Gasteiger partial charge in [-0.3, -0.25) is 4.79 Å². The molecule has 1 aromatic carbocycles. The van der Waals surface area contributed by atoms with Gasteiger partial charge in [0, 0.05) is 11.1 Å². The number of fused-ring (bicyclic) bond motifs is 1. The molecule has 1 heterocycles. The van der Waals surface area contributed by atoms with Crippen molar-refractivity contribution in [1.29, 1.82) is 0 Å². The van der Waals surface area contributed by atoms with E-state index in [1.807, 2.05) is 12.1 Å². The third kappa shape index (κ3) is 5.33. The summed E-state index contributed by atoms with van der Waals surface area (Å²) in [6.07, 6.45) is 6.40. The van der Waals surface area contributed by atoms with Crippen LogP contribution in [0.2, 0.25) is 11.3 Å². The molecular formula is C21H32BClN2O4. The molecule has 0 aromatic heterocycles. The molecule has 1 fully saturated rings. The van der Waals surface area contributed by atoms with Crippen molar-refractivity contribution in [1.82, 2.24) is 4.90 Å². The van der Waals surface area contributed by atoms with Crippen LogP contribution in [-0.2, 0) is 17.6 Å². The Morgan fingerprint density at radius 3 is 2.62 bits per heavy atom. The van der Waals surface area contributed by atoms with E-state index in [-0.39, 0.29) is 12.2 Å². The van der Waals surface area contributed by atoms with Crippen LogP contribution in [0.3, 0.4) is 0 Å². The van der Waals surface area contributed by atoms with Crippen molar-refractivity contribution < 1.29 is 19.9 Å². The fourth-order valence-electron chi connectivity index (χ4n) is 5.05. The van der Waals surface area contributed by atoms with Crippen LogP contribution < -0.4 is 5.73 Å². The lowest BCUT2D eigenvalue weighted by Gasteiger charge is -2.44. The predicted molar refractivity (Wildman–Crippen MR) is 115 cm³/mol. The molecule has 1 aliphatic carbocycles. The van der Waals surface area contributed by atoms with Gasteiger partial charge in [-0.2, -0.15) is 0 Å². The average molecular weight is 423 g/mol. The highest BCUT2D eigenvalue weighted by Gasteiger charge is 2.43. The molecule has 3 rings (SSSR count). The number of hydrogen-bond donors (Lipinski definition) is 4. The molecular weight excluding hydrogens is 391 g/mol. The molecule has 2 unspecified atom stereocenters. The normalized spacial score (nSPS) is 22.7. The monoisotopic (exact) mass is 422 g/mol. The second-order valence-corrected chi connectivity index (χ2v) is 9.06. The molecule has 0 radical (unpaired) electrons. The van der Waals surface area contributed by atoms with Gasteiger partial charge in [0.15, 0.2) is 0 Å². The number of carboxylic acids is 1. The first-order chi connectivity index (χ1) is 13.8. The highest BCUT2D eigenvalue weighted by Crippen LogP contribution is 2.35. The predicted octanol–water partition coefficient (Wildman–Crippen LogP) is 2.33. The lowest BCUT2D eigenvalue weighted by atomic mass is 9.73. The first-order valence-corrected chi connectivity index (χ1v) is 11.1. The minimum Gasteiger partial charge on any atom is -0.480 e. The van der Waals surface area contributed by atoms with Gasteiger partial charge in [-0.1, -0.05) is 36.6 Å². The molecule has 5 N–H and O–H groups in total. The van der Waals surface area contributed by atoms with E-state index in [1.54, 1.807) is 0 Å². The minimum atomic E-state index is -1.34. The van der Waals surface area contributed by atoms with Gasteiger partial charge in [0.05, 0.1) is 0 Å². The Morgan fingerprint density at radius 2 is 1.97 bits per heavy atom. The van der Waals surface area contributed by atoms with E-state index in [4.69, 9.17) is 27.4 Å². The topological polar surface area (TPSA) is 107 Å². The summed E-state index contributed by atoms with van der Waals surface area (Å²) in [5, 5.41) is 28.6. The number of nitrogens with two attached hydrogens (primary N) is 1. The number of unbranched alkanes of at least 4 members (excludes halogenated alkanes) is 1. The van der Waals surface area contributed by atoms with Gasteiger partial charge < -0.3 is 25.8 Å². The van der Waals surface area contributed by atoms with Crippen LogP contribution in [0.15, 0.2) is 18.2 Å². The van der Waals surface area contributed by atoms with Crippen LogP contribution in [0.1, 0.15) is 49.7 Å². The number of likely N-dealkylation sites (tertiary alicyclic amines) is 1. The Balaban J connectivity index is 1.56. The Hall–Kier alpha value is -1.12. The lowest BCUT2D eigenvalue weighted by Crippen LogP contribution is -2.57. The average Bonchev–Trinajstić information content (AvgIpc) is 2.71. The van der Waals surface area contributed by atoms with E-state index in [1.165, 1.54) is 11.1 Å². The molecule has 1 saturated heterocycles. The zero-order chi connectivity index (χ0) is 21.0. The molecule has 8 heteroatoms. The number of rotatable bonds is 8. The summed E-state index contributed by atoms with van der Waals surface area (Å²) in [7, 11) is -1.34. The summed E-state index contributed by atoms with van der Waals surface area (Å²) in [6.45, 7) is 1.72. The van der Waals surface area contributed by atoms with Gasteiger partial charge >= 0.3 is 13.1 Å². The van der Waals surface area contributed by atoms with Gasteiger partial charge in [-0.15, -0.1) is 0 Å². The maximum Gasteiger partial charge on any atom is 0.451 e. The zero-order valence-electron chi connectivity index (χ0n) is 16.9. The first-order valence-electron chi connectivity index (χ1n) is 10.7. The Bertz CT molecular complexity index is 712. The number of halogens is 1. The Morgan fingerprint density at radius 1 is 1.24 bits per heavy atom. The second-order valence-electron chi connectivity index (χ2n) is 8.66. The molecule has 6 nitrogen and oxygen atoms in total. The number of nitrogens with zero attached hydrogens (tertiary/aromatic N) is 1. The summed E-state index contributed by atoms with van der Waals surface area (Å²) < 4.78 is 0. The standard InChI is InChI=1S/C21H32BClN2O4/c23-19-5-3-4-15-6-7-17(14-18(15)19)25-12-8-16(9-13-25)21(24,20(26)27)10-1-2-11-22(28)29/h3-5,16-17,28-29H,1-2,6-14,24H2,(H,26,27). The number of aryl methyl sites for hydroxylation is 1. The lowest BCUT2D eigenvalue weighted by molar-refractivity contribution is -0.147. The van der Waals surface area contributed by atoms with E-state index >= 15 is 0 Å². The van der Waals surface area contributed by atoms with Crippen LogP contribution >= 0.6 is 11.6 Å². The Kier molecular flexibility index (Phi) is 7.62. The van der Waals surface area contributed by atoms with E-state index in [0.29, 0.717) is 25.3 Å². The van der Waals surface area contributed by atoms with Gasteiger partial charge in [0.25, 0.3) is 0 Å². The number of benzene rings is 1. The quantitative estimate of drug-likeness (QED) is 0.378. The SMILES string of the molecule is NC(CCCCB(O)O)(C(=O)O)C1CCN(C2CCc3cccc(Cl)c3C2)CC1. The van der Waals surface area contributed by atoms with Crippen molar-refractivity contribution in [2.75, 3.05) is 13.1 Å². The number of carbonyl (C=O) groups is 1. The zero-order valence-corrected chi connectivity index (χ0v) is 17.7. The van der Waals surface area contributed by atoms with E-state index in [0.717, 1.165) is 50.2 Å². The number of carboxylic acid groups (broad SMARTS) is 1. The van der Waals surface area contributed by atoms with Gasteiger partial charge in [-0.05, 0) is 81.0 Å². The maximum absolute atomic E-state index is 12.0. The smallest absolute Gasteiger partial charge is 0.451 e. The minimum absolute atomic E-state index is 0.0604. The van der Waals surface area contributed by atoms with Gasteiger partial charge in [-0.25, -0.2) is 0 Å². The van der Waals surface area contributed by atoms with Crippen LogP contribution in [-0.4, -0.2) is 57.8 Å². The van der Waals surface area contributed by atoms with Crippen LogP contribution in [0.5, 0.6) is 0 Å². The number of aliphatic carboxylic acids is 1. The van der Waals surface area contributed by atoms with E-state index < -0.39 is 18.6 Å². The Labute approximate surface area is 178 Å². The van der Waals surface area contributed by atoms with Gasteiger partial charge in [0.1, 0.15) is 5.54 Å². The van der Waals surface area contributed by atoms with Crippen molar-refractivity contribution in [3.05, 3.63) is 34.3 Å². The summed E-state index contributed by atoms with van der Waals surface area (Å²) in [5.41, 5.74) is 7.75. The van der Waals surface area contributed by atoms with Crippen molar-refractivity contribution in [3.8, 4) is 0 Å². The van der Waals surface area contributed by atoms with E-state index in [9.17, 15) is 9.90 Å². The molecule has 0 amide bonds. The van der Waals surface area contributed by atoms with Crippen LogP contribution in [0.25, 0.3) is 0 Å². The molecule has 2 atom stereocenters. The first kappa shape index (κ1) is 22.6. The summed E-state index contributed by atoms with van der Waals surface area (Å²) >= 11 is 6.41. The summed E-state index contributed by atoms with van der Waals surface area (Å²) in [5.74, 6) is -1.01. The molecule has 160 valence electrons. The van der Waals surface area contributed by atoms with Crippen molar-refractivity contribution >= 4 is 24.7 Å². The molecule has 0 saturated carbocycles. The second kappa shape index (κ2) is 9.79. The summed E-state index contributed by atoms with van der Waals surface area (Å²) in [4.78, 5) is 14.4. The molecule has 2 aliphatic rings. The molecule has 29 heavy (non-hydrogen) atoms. The van der Waals surface area contributed by atoms with Crippen LogP contribution in [0, 0.1) is 5.92 Å². The summed E-state index contributed by atoms with van der Waals surface area (Å²) in [6, 6.07) is 6.59. The van der Waals surface area contributed by atoms with E-state index in [2.05, 4.69) is 11.0 Å². The van der Waals surface area contributed by atoms with Crippen molar-refractivity contribution in [2.24, 2.45) is 11.7 Å². The van der Waals surface area contributed by atoms with Crippen LogP contribution in [0.4, 0.5) is 0 Å². The highest BCUT2D eigenvalue weighted by atomic mass is 35.5. The fourth-order valence-corrected chi connectivity index (χ4v) is 5.32. The number of hydrogen-bond acceptors (Lipinski definition) is 5. The van der Waals surface area contributed by atoms with Crippen molar-refractivity contribution in [2.45, 2.75) is 69.3 Å². The molecule has 1 aliphatic heterocycles. The maximum atomic E-state index is 12.0. The highest BCUT2D eigenvalue weighted by molar-refractivity contribution is 6.40. The molecule has 0 bridgehead atoms. The molecule has 1 aromatic rings. The third-order valence-electron chi connectivity index (χ3n) is 6.88. The van der Waals surface area contributed by atoms with Crippen molar-refractivity contribution in [3.63, 3.8) is 0 Å². The number of piperidine rings is 1. The molecule has 0 spiro atoms. The largest absolute Gasteiger partial charge is 0.480 e. The van der Waals surface area contributed by atoms with Gasteiger partial charge in [0.2, 0.25) is 0 Å². The third-order valence-corrected chi connectivity index (χ3v) is 7.23.